The summed E-state index contributed by atoms with van der Waals surface area (Å²) in [4.78, 5) is 12.7. The highest BCUT2D eigenvalue weighted by Crippen LogP contribution is 2.29. The van der Waals surface area contributed by atoms with Gasteiger partial charge in [-0.1, -0.05) is 66.4 Å². The quantitative estimate of drug-likeness (QED) is 0.371. The molecule has 1 aromatic heterocycles. The van der Waals surface area contributed by atoms with Gasteiger partial charge in [0.05, 0.1) is 0 Å². The summed E-state index contributed by atoms with van der Waals surface area (Å²) in [6, 6.07) is 16.4. The van der Waals surface area contributed by atoms with Gasteiger partial charge in [-0.2, -0.15) is 0 Å². The molecule has 1 aliphatic carbocycles. The van der Waals surface area contributed by atoms with Gasteiger partial charge in [-0.25, -0.2) is 0 Å². The molecule has 156 valence electrons. The summed E-state index contributed by atoms with van der Waals surface area (Å²) in [5.41, 5.74) is 3.98. The number of aromatic nitrogens is 2. The van der Waals surface area contributed by atoms with Crippen molar-refractivity contribution in [3.05, 3.63) is 65.2 Å². The Morgan fingerprint density at radius 2 is 1.93 bits per heavy atom. The van der Waals surface area contributed by atoms with Gasteiger partial charge in [-0.15, -0.1) is 10.2 Å². The third-order valence-electron chi connectivity index (χ3n) is 5.10. The molecular formula is C23H25N3O2S2. The summed E-state index contributed by atoms with van der Waals surface area (Å²) < 4.78 is 6.85. The maximum absolute atomic E-state index is 12.7. The van der Waals surface area contributed by atoms with Crippen LogP contribution in [0.25, 0.3) is 0 Å². The Kier molecular flexibility index (Phi) is 7.02. The SMILES string of the molecule is CC[C@H](Oc1ccc2c(c1)CCCC2)C(=O)Nc1nnc(SCc2ccccc2)s1. The van der Waals surface area contributed by atoms with Gasteiger partial charge < -0.3 is 4.74 Å². The fourth-order valence-electron chi connectivity index (χ4n) is 3.49. The third-order valence-corrected chi connectivity index (χ3v) is 7.15. The van der Waals surface area contributed by atoms with E-state index in [1.54, 1.807) is 11.8 Å². The maximum atomic E-state index is 12.7. The van der Waals surface area contributed by atoms with Gasteiger partial charge >= 0.3 is 0 Å². The molecular weight excluding hydrogens is 414 g/mol. The maximum Gasteiger partial charge on any atom is 0.267 e. The van der Waals surface area contributed by atoms with Crippen LogP contribution in [0.1, 0.15) is 42.9 Å². The average Bonchev–Trinajstić information content (AvgIpc) is 3.23. The van der Waals surface area contributed by atoms with Crippen molar-refractivity contribution in [3.63, 3.8) is 0 Å². The van der Waals surface area contributed by atoms with E-state index in [4.69, 9.17) is 4.74 Å². The van der Waals surface area contributed by atoms with Crippen LogP contribution in [0.4, 0.5) is 5.13 Å². The summed E-state index contributed by atoms with van der Waals surface area (Å²) in [5, 5.41) is 11.7. The summed E-state index contributed by atoms with van der Waals surface area (Å²) in [6.07, 6.45) is 4.71. The second kappa shape index (κ2) is 10.1. The van der Waals surface area contributed by atoms with Crippen molar-refractivity contribution in [2.24, 2.45) is 0 Å². The van der Waals surface area contributed by atoms with Gasteiger partial charge in [-0.3, -0.25) is 10.1 Å². The zero-order chi connectivity index (χ0) is 20.8. The fraction of sp³-hybridized carbons (Fsp3) is 0.348. The lowest BCUT2D eigenvalue weighted by atomic mass is 9.92. The van der Waals surface area contributed by atoms with Crippen molar-refractivity contribution < 1.29 is 9.53 Å². The number of thioether (sulfide) groups is 1. The Hall–Kier alpha value is -2.38. The van der Waals surface area contributed by atoms with E-state index in [0.717, 1.165) is 28.7 Å². The lowest BCUT2D eigenvalue weighted by Gasteiger charge is -2.20. The van der Waals surface area contributed by atoms with E-state index in [1.807, 2.05) is 31.2 Å². The minimum absolute atomic E-state index is 0.189. The van der Waals surface area contributed by atoms with E-state index in [0.29, 0.717) is 11.6 Å². The predicted molar refractivity (Wildman–Crippen MR) is 122 cm³/mol. The van der Waals surface area contributed by atoms with E-state index < -0.39 is 6.10 Å². The van der Waals surface area contributed by atoms with Crippen LogP contribution < -0.4 is 10.1 Å². The molecule has 0 aliphatic heterocycles. The third kappa shape index (κ3) is 5.40. The van der Waals surface area contributed by atoms with E-state index >= 15 is 0 Å². The lowest BCUT2D eigenvalue weighted by molar-refractivity contribution is -0.122. The number of rotatable bonds is 8. The molecule has 0 unspecified atom stereocenters. The number of aryl methyl sites for hydroxylation is 2. The number of benzene rings is 2. The minimum Gasteiger partial charge on any atom is -0.481 e. The Morgan fingerprint density at radius 1 is 1.13 bits per heavy atom. The number of carbonyl (C=O) groups is 1. The molecule has 0 radical (unpaired) electrons. The van der Waals surface area contributed by atoms with Gasteiger partial charge in [0.1, 0.15) is 5.75 Å². The van der Waals surface area contributed by atoms with Crippen LogP contribution in [-0.4, -0.2) is 22.2 Å². The number of anilines is 1. The largest absolute Gasteiger partial charge is 0.481 e. The molecule has 5 nitrogen and oxygen atoms in total. The number of fused-ring (bicyclic) bond motifs is 1. The number of carbonyl (C=O) groups excluding carboxylic acids is 1. The van der Waals surface area contributed by atoms with Crippen molar-refractivity contribution in [1.29, 1.82) is 0 Å². The van der Waals surface area contributed by atoms with Crippen LogP contribution in [0, 0.1) is 0 Å². The first-order chi connectivity index (χ1) is 14.7. The summed E-state index contributed by atoms with van der Waals surface area (Å²) in [5.74, 6) is 1.39. The Bertz CT molecular complexity index is 991. The highest BCUT2D eigenvalue weighted by atomic mass is 32.2. The van der Waals surface area contributed by atoms with Crippen LogP contribution in [0.5, 0.6) is 5.75 Å². The van der Waals surface area contributed by atoms with Crippen molar-refractivity contribution in [2.45, 2.75) is 55.2 Å². The van der Waals surface area contributed by atoms with E-state index in [2.05, 4.69) is 39.8 Å². The lowest BCUT2D eigenvalue weighted by Crippen LogP contribution is -2.32. The average molecular weight is 440 g/mol. The van der Waals surface area contributed by atoms with Crippen LogP contribution in [0.2, 0.25) is 0 Å². The fourth-order valence-corrected chi connectivity index (χ4v) is 5.20. The molecule has 1 N–H and O–H groups in total. The first-order valence-electron chi connectivity index (χ1n) is 10.3. The van der Waals surface area contributed by atoms with Crippen molar-refractivity contribution in [3.8, 4) is 5.75 Å². The number of hydrogen-bond acceptors (Lipinski definition) is 6. The van der Waals surface area contributed by atoms with Gasteiger partial charge in [0.25, 0.3) is 5.91 Å². The van der Waals surface area contributed by atoms with Crippen molar-refractivity contribution in [2.75, 3.05) is 5.32 Å². The Labute approximate surface area is 185 Å². The Morgan fingerprint density at radius 3 is 2.73 bits per heavy atom. The molecule has 30 heavy (non-hydrogen) atoms. The normalized spacial score (nSPS) is 14.0. The molecule has 0 saturated carbocycles. The van der Waals surface area contributed by atoms with E-state index in [-0.39, 0.29) is 5.91 Å². The number of hydrogen-bond donors (Lipinski definition) is 1. The second-order valence-corrected chi connectivity index (χ2v) is 9.49. The van der Waals surface area contributed by atoms with Crippen molar-refractivity contribution >= 4 is 34.1 Å². The van der Waals surface area contributed by atoms with Crippen LogP contribution in [-0.2, 0) is 23.4 Å². The summed E-state index contributed by atoms with van der Waals surface area (Å²) in [6.45, 7) is 1.95. The Balaban J connectivity index is 1.33. The van der Waals surface area contributed by atoms with Gasteiger partial charge in [0, 0.05) is 5.75 Å². The molecule has 4 rings (SSSR count). The van der Waals surface area contributed by atoms with Crippen LogP contribution >= 0.6 is 23.1 Å². The first-order valence-corrected chi connectivity index (χ1v) is 12.1. The first kappa shape index (κ1) is 20.9. The highest BCUT2D eigenvalue weighted by Gasteiger charge is 2.21. The molecule has 1 atom stereocenters. The second-order valence-electron chi connectivity index (χ2n) is 7.29. The molecule has 3 aromatic rings. The standard InChI is InChI=1S/C23H25N3O2S2/c1-2-20(28-19-13-12-17-10-6-7-11-18(17)14-19)21(27)24-22-25-26-23(30-22)29-15-16-8-4-3-5-9-16/h3-5,8-9,12-14,20H,2,6-7,10-11,15H2,1H3,(H,24,25,27)/t20-/m0/s1. The molecule has 0 bridgehead atoms. The zero-order valence-corrected chi connectivity index (χ0v) is 18.6. The molecule has 0 fully saturated rings. The number of amides is 1. The van der Waals surface area contributed by atoms with Gasteiger partial charge in [-0.05, 0) is 60.9 Å². The molecule has 2 aromatic carbocycles. The monoisotopic (exact) mass is 439 g/mol. The zero-order valence-electron chi connectivity index (χ0n) is 17.0. The smallest absolute Gasteiger partial charge is 0.267 e. The molecule has 0 spiro atoms. The highest BCUT2D eigenvalue weighted by molar-refractivity contribution is 8.00. The summed E-state index contributed by atoms with van der Waals surface area (Å²) >= 11 is 3.00. The minimum atomic E-state index is -0.559. The molecule has 1 heterocycles. The summed E-state index contributed by atoms with van der Waals surface area (Å²) in [7, 11) is 0. The van der Waals surface area contributed by atoms with Crippen molar-refractivity contribution in [1.82, 2.24) is 10.2 Å². The predicted octanol–water partition coefficient (Wildman–Crippen LogP) is 5.51. The van der Waals surface area contributed by atoms with E-state index in [9.17, 15) is 4.79 Å². The number of ether oxygens (including phenoxy) is 1. The van der Waals surface area contributed by atoms with E-state index in [1.165, 1.54) is 40.9 Å². The molecule has 1 amide bonds. The topological polar surface area (TPSA) is 64.1 Å². The van der Waals surface area contributed by atoms with Gasteiger partial charge in [0.15, 0.2) is 10.4 Å². The molecule has 7 heteroatoms. The van der Waals surface area contributed by atoms with Crippen LogP contribution in [0.15, 0.2) is 52.9 Å². The number of nitrogens with one attached hydrogen (secondary N) is 1. The molecule has 0 saturated heterocycles. The van der Waals surface area contributed by atoms with Crippen LogP contribution in [0.3, 0.4) is 0 Å². The molecule has 1 aliphatic rings. The van der Waals surface area contributed by atoms with Gasteiger partial charge in [0.2, 0.25) is 5.13 Å². The number of nitrogens with zero attached hydrogens (tertiary/aromatic N) is 2.